The summed E-state index contributed by atoms with van der Waals surface area (Å²) in [5.74, 6) is -5.08. The molecule has 1 aliphatic heterocycles. The van der Waals surface area contributed by atoms with Crippen molar-refractivity contribution in [3.05, 3.63) is 78.6 Å². The van der Waals surface area contributed by atoms with Gasteiger partial charge in [-0.15, -0.1) is 0 Å². The standard InChI is InChI=1S/C29H26F4N6O5S/c1-17(40)4-7-25(41)38-9-11-39(12-10-38)27-21-13-18(5-6-23(21)36-16-37-27)26-19(3-2-8-35-26)20-14-24(45(34,42)43)29(33,15-22(20)30)44-28(31)32/h2-8,13-16,24,28H,9-12H2,1H3,(H2,34,42,43). The molecule has 1 aromatic carbocycles. The van der Waals surface area contributed by atoms with Crippen molar-refractivity contribution in [1.82, 2.24) is 19.9 Å². The molecule has 16 heteroatoms. The van der Waals surface area contributed by atoms with Crippen LogP contribution in [0, 0.1) is 0 Å². The molecule has 1 fully saturated rings. The number of sulfonamides is 1. The van der Waals surface area contributed by atoms with E-state index in [0.29, 0.717) is 54.5 Å². The number of fused-ring (bicyclic) bond motifs is 1. The molecule has 2 aliphatic rings. The van der Waals surface area contributed by atoms with Gasteiger partial charge in [-0.05, 0) is 37.3 Å². The lowest BCUT2D eigenvalue weighted by Crippen LogP contribution is -2.48. The van der Waals surface area contributed by atoms with E-state index < -0.39 is 39.1 Å². The number of anilines is 1. The van der Waals surface area contributed by atoms with Crippen molar-refractivity contribution in [2.75, 3.05) is 31.1 Å². The number of ether oxygens (including phenoxy) is 1. The first-order valence-corrected chi connectivity index (χ1v) is 15.1. The van der Waals surface area contributed by atoms with Crippen LogP contribution in [0.15, 0.2) is 73.0 Å². The van der Waals surface area contributed by atoms with Gasteiger partial charge in [0, 0.05) is 66.6 Å². The van der Waals surface area contributed by atoms with Crippen molar-refractivity contribution in [2.24, 2.45) is 5.14 Å². The molecule has 0 spiro atoms. The number of alkyl halides is 3. The van der Waals surface area contributed by atoms with Gasteiger partial charge in [0.2, 0.25) is 15.9 Å². The molecule has 2 atom stereocenters. The zero-order chi connectivity index (χ0) is 32.5. The molecule has 45 heavy (non-hydrogen) atoms. The number of benzene rings is 1. The number of pyridine rings is 1. The number of carbonyl (C=O) groups excluding carboxylic acids is 2. The number of rotatable bonds is 8. The number of aromatic nitrogens is 3. The lowest BCUT2D eigenvalue weighted by molar-refractivity contribution is -0.235. The fraction of sp³-hybridized carbons (Fsp3) is 0.276. The van der Waals surface area contributed by atoms with E-state index in [-0.39, 0.29) is 29.0 Å². The zero-order valence-corrected chi connectivity index (χ0v) is 24.4. The summed E-state index contributed by atoms with van der Waals surface area (Å²) in [6.07, 6.45) is 5.86. The molecule has 1 aliphatic carbocycles. The highest BCUT2D eigenvalue weighted by atomic mass is 32.2. The number of nitrogens with two attached hydrogens (primary N) is 1. The van der Waals surface area contributed by atoms with E-state index in [9.17, 15) is 26.8 Å². The number of ketones is 1. The van der Waals surface area contributed by atoms with Gasteiger partial charge in [0.1, 0.15) is 18.0 Å². The summed E-state index contributed by atoms with van der Waals surface area (Å²) in [7, 11) is -4.89. The number of nitrogens with zero attached hydrogens (tertiary/aromatic N) is 5. The number of primary sulfonamides is 1. The van der Waals surface area contributed by atoms with E-state index in [2.05, 4.69) is 19.7 Å². The Bertz CT molecular complexity index is 1860. The summed E-state index contributed by atoms with van der Waals surface area (Å²) < 4.78 is 84.8. The molecule has 236 valence electrons. The number of amides is 1. The van der Waals surface area contributed by atoms with E-state index >= 15 is 8.78 Å². The highest BCUT2D eigenvalue weighted by Gasteiger charge is 2.50. The Labute approximate surface area is 254 Å². The van der Waals surface area contributed by atoms with Crippen molar-refractivity contribution in [3.8, 4) is 11.3 Å². The van der Waals surface area contributed by atoms with Crippen molar-refractivity contribution in [2.45, 2.75) is 24.6 Å². The van der Waals surface area contributed by atoms with Crippen LogP contribution in [0.1, 0.15) is 12.5 Å². The summed E-state index contributed by atoms with van der Waals surface area (Å²) in [5.41, 5.74) is 0.743. The van der Waals surface area contributed by atoms with Crippen molar-refractivity contribution in [3.63, 3.8) is 0 Å². The van der Waals surface area contributed by atoms with E-state index in [1.165, 1.54) is 43.7 Å². The molecule has 1 saturated heterocycles. The number of halogens is 4. The fourth-order valence-corrected chi connectivity index (χ4v) is 6.08. The second kappa shape index (κ2) is 12.5. The topological polar surface area (TPSA) is 149 Å². The fourth-order valence-electron chi connectivity index (χ4n) is 5.18. The van der Waals surface area contributed by atoms with Gasteiger partial charge in [-0.1, -0.05) is 12.1 Å². The maximum absolute atomic E-state index is 15.4. The Hall–Kier alpha value is -4.54. The second-order valence-corrected chi connectivity index (χ2v) is 11.9. The predicted octanol–water partition coefficient (Wildman–Crippen LogP) is 3.30. The van der Waals surface area contributed by atoms with Gasteiger partial charge >= 0.3 is 6.61 Å². The molecular formula is C29H26F4N6O5S. The molecule has 0 radical (unpaired) electrons. The van der Waals surface area contributed by atoms with Crippen LogP contribution in [-0.4, -0.2) is 83.9 Å². The van der Waals surface area contributed by atoms with Gasteiger partial charge in [-0.25, -0.2) is 32.3 Å². The van der Waals surface area contributed by atoms with Crippen molar-refractivity contribution in [1.29, 1.82) is 0 Å². The SMILES string of the molecule is CC(=O)C=CC(=O)N1CCN(c2ncnc3ccc(-c4ncccc4C4=CC(S(N)(=O)=O)C(F)(OC(F)F)C=C4F)cc23)CC1. The van der Waals surface area contributed by atoms with Gasteiger partial charge < -0.3 is 9.80 Å². The van der Waals surface area contributed by atoms with Crippen LogP contribution in [0.4, 0.5) is 23.4 Å². The highest BCUT2D eigenvalue weighted by molar-refractivity contribution is 7.90. The molecule has 11 nitrogen and oxygen atoms in total. The summed E-state index contributed by atoms with van der Waals surface area (Å²) in [6.45, 7) is -0.818. The molecule has 2 unspecified atom stereocenters. The minimum absolute atomic E-state index is 0.0208. The third kappa shape index (κ3) is 6.77. The molecule has 2 N–H and O–H groups in total. The number of hydrogen-bond acceptors (Lipinski definition) is 9. The van der Waals surface area contributed by atoms with Crippen LogP contribution >= 0.6 is 0 Å². The lowest BCUT2D eigenvalue weighted by Gasteiger charge is -2.35. The summed E-state index contributed by atoms with van der Waals surface area (Å²) in [5, 5.41) is 3.24. The number of carbonyl (C=O) groups is 2. The van der Waals surface area contributed by atoms with Crippen LogP contribution < -0.4 is 10.0 Å². The Kier molecular flexibility index (Phi) is 8.82. The second-order valence-electron chi connectivity index (χ2n) is 10.2. The van der Waals surface area contributed by atoms with Crippen LogP contribution in [0.5, 0.6) is 0 Å². The summed E-state index contributed by atoms with van der Waals surface area (Å²) in [6, 6.07) is 7.87. The maximum Gasteiger partial charge on any atom is 0.348 e. The van der Waals surface area contributed by atoms with Gasteiger partial charge in [-0.2, -0.15) is 8.78 Å². The average molecular weight is 647 g/mol. The largest absolute Gasteiger partial charge is 0.352 e. The molecule has 1 amide bonds. The molecular weight excluding hydrogens is 620 g/mol. The van der Waals surface area contributed by atoms with Gasteiger partial charge in [0.25, 0.3) is 5.85 Å². The van der Waals surface area contributed by atoms with Crippen molar-refractivity contribution >= 4 is 44.0 Å². The average Bonchev–Trinajstić information content (AvgIpc) is 2.98. The normalized spacial score (nSPS) is 20.9. The first kappa shape index (κ1) is 31.9. The molecule has 0 bridgehead atoms. The molecule has 3 heterocycles. The Morgan fingerprint density at radius 1 is 1.11 bits per heavy atom. The van der Waals surface area contributed by atoms with E-state index in [1.807, 2.05) is 4.90 Å². The first-order chi connectivity index (χ1) is 21.3. The third-order valence-electron chi connectivity index (χ3n) is 7.25. The Morgan fingerprint density at radius 2 is 1.84 bits per heavy atom. The summed E-state index contributed by atoms with van der Waals surface area (Å²) in [4.78, 5) is 40.3. The minimum atomic E-state index is -4.89. The molecule has 5 rings (SSSR count). The quantitative estimate of drug-likeness (QED) is 0.288. The predicted molar refractivity (Wildman–Crippen MR) is 156 cm³/mol. The van der Waals surface area contributed by atoms with Gasteiger partial charge in [0.05, 0.1) is 11.2 Å². The van der Waals surface area contributed by atoms with Crippen LogP contribution in [0.3, 0.4) is 0 Å². The van der Waals surface area contributed by atoms with Crippen LogP contribution in [0.2, 0.25) is 0 Å². The number of piperazine rings is 1. The van der Waals surface area contributed by atoms with E-state index in [0.717, 1.165) is 0 Å². The highest BCUT2D eigenvalue weighted by Crippen LogP contribution is 2.42. The molecule has 0 saturated carbocycles. The minimum Gasteiger partial charge on any atom is -0.352 e. The zero-order valence-electron chi connectivity index (χ0n) is 23.6. The van der Waals surface area contributed by atoms with Crippen molar-refractivity contribution < 1.29 is 40.3 Å². The van der Waals surface area contributed by atoms with Crippen LogP contribution in [-0.2, 0) is 24.3 Å². The monoisotopic (exact) mass is 646 g/mol. The number of hydrogen-bond donors (Lipinski definition) is 1. The Morgan fingerprint density at radius 3 is 2.51 bits per heavy atom. The maximum atomic E-state index is 15.4. The van der Waals surface area contributed by atoms with Crippen LogP contribution in [0.25, 0.3) is 27.7 Å². The lowest BCUT2D eigenvalue weighted by atomic mass is 9.92. The summed E-state index contributed by atoms with van der Waals surface area (Å²) >= 11 is 0. The first-order valence-electron chi connectivity index (χ1n) is 13.5. The van der Waals surface area contributed by atoms with E-state index in [1.54, 1.807) is 23.1 Å². The Balaban J connectivity index is 1.51. The van der Waals surface area contributed by atoms with E-state index in [4.69, 9.17) is 5.14 Å². The molecule has 2 aromatic heterocycles. The number of allylic oxidation sites excluding steroid dienone is 3. The third-order valence-corrected chi connectivity index (χ3v) is 8.41. The van der Waals surface area contributed by atoms with Gasteiger partial charge in [0.15, 0.2) is 11.0 Å². The van der Waals surface area contributed by atoms with Gasteiger partial charge in [-0.3, -0.25) is 19.3 Å². The molecule has 3 aromatic rings. The smallest absolute Gasteiger partial charge is 0.348 e.